The highest BCUT2D eigenvalue weighted by atomic mass is 16.3. The van der Waals surface area contributed by atoms with Gasteiger partial charge in [-0.15, -0.1) is 0 Å². The number of hydrogen-bond acceptors (Lipinski definition) is 3. The van der Waals surface area contributed by atoms with Gasteiger partial charge in [-0.05, 0) is 37.5 Å². The molecule has 0 amide bonds. The average molecular weight is 226 g/mol. The van der Waals surface area contributed by atoms with Crippen LogP contribution in [0.1, 0.15) is 44.9 Å². The predicted octanol–water partition coefficient (Wildman–Crippen LogP) is 1.25. The van der Waals surface area contributed by atoms with Crippen LogP contribution in [0.2, 0.25) is 0 Å². The van der Waals surface area contributed by atoms with Crippen molar-refractivity contribution in [2.24, 2.45) is 17.6 Å². The molecule has 0 aromatic heterocycles. The topological polar surface area (TPSA) is 58.3 Å². The maximum atomic E-state index is 9.39. The lowest BCUT2D eigenvalue weighted by atomic mass is 9.78. The molecule has 3 heteroatoms. The first kappa shape index (κ1) is 12.3. The Morgan fingerprint density at radius 3 is 2.44 bits per heavy atom. The van der Waals surface area contributed by atoms with Gasteiger partial charge in [-0.3, -0.25) is 0 Å². The highest BCUT2D eigenvalue weighted by Crippen LogP contribution is 2.31. The van der Waals surface area contributed by atoms with E-state index in [9.17, 15) is 5.11 Å². The van der Waals surface area contributed by atoms with Gasteiger partial charge >= 0.3 is 0 Å². The Hall–Kier alpha value is -0.120. The van der Waals surface area contributed by atoms with E-state index in [0.29, 0.717) is 24.6 Å². The molecule has 2 saturated carbocycles. The molecule has 0 spiro atoms. The van der Waals surface area contributed by atoms with Gasteiger partial charge in [-0.1, -0.05) is 19.3 Å². The van der Waals surface area contributed by atoms with Crippen LogP contribution in [-0.2, 0) is 0 Å². The van der Waals surface area contributed by atoms with Crippen LogP contribution < -0.4 is 11.1 Å². The fourth-order valence-corrected chi connectivity index (χ4v) is 3.16. The van der Waals surface area contributed by atoms with Gasteiger partial charge in [0.2, 0.25) is 0 Å². The van der Waals surface area contributed by atoms with E-state index in [2.05, 4.69) is 5.32 Å². The minimum absolute atomic E-state index is 0.333. The Bertz CT molecular complexity index is 206. The standard InChI is InChI=1S/C13H26N2O/c14-8-13(10-5-3-6-10)15-12-7-2-1-4-11(12)9-16/h10-13,15-16H,1-9,14H2. The summed E-state index contributed by atoms with van der Waals surface area (Å²) in [6.45, 7) is 1.08. The maximum absolute atomic E-state index is 9.39. The Labute approximate surface area is 98.8 Å². The SMILES string of the molecule is NCC(NC1CCCCC1CO)C1CCC1. The van der Waals surface area contributed by atoms with Crippen molar-refractivity contribution in [3.8, 4) is 0 Å². The Morgan fingerprint density at radius 1 is 1.12 bits per heavy atom. The van der Waals surface area contributed by atoms with Crippen LogP contribution >= 0.6 is 0 Å². The monoisotopic (exact) mass is 226 g/mol. The van der Waals surface area contributed by atoms with E-state index >= 15 is 0 Å². The third kappa shape index (κ3) is 2.76. The molecule has 0 aromatic rings. The zero-order valence-electron chi connectivity index (χ0n) is 10.2. The van der Waals surface area contributed by atoms with Crippen LogP contribution in [-0.4, -0.2) is 30.3 Å². The molecule has 0 radical (unpaired) electrons. The van der Waals surface area contributed by atoms with Gasteiger partial charge in [0.05, 0.1) is 0 Å². The van der Waals surface area contributed by atoms with Gasteiger partial charge in [-0.25, -0.2) is 0 Å². The van der Waals surface area contributed by atoms with Crippen LogP contribution in [0.5, 0.6) is 0 Å². The molecule has 16 heavy (non-hydrogen) atoms. The molecular weight excluding hydrogens is 200 g/mol. The number of nitrogens with two attached hydrogens (primary N) is 1. The molecule has 0 bridgehead atoms. The summed E-state index contributed by atoms with van der Waals surface area (Å²) >= 11 is 0. The van der Waals surface area contributed by atoms with E-state index < -0.39 is 0 Å². The van der Waals surface area contributed by atoms with E-state index in [1.165, 1.54) is 44.9 Å². The fraction of sp³-hybridized carbons (Fsp3) is 1.00. The van der Waals surface area contributed by atoms with Crippen LogP contribution in [0.3, 0.4) is 0 Å². The van der Waals surface area contributed by atoms with Crippen molar-refractivity contribution in [2.45, 2.75) is 57.0 Å². The second-order valence-electron chi connectivity index (χ2n) is 5.53. The number of nitrogens with one attached hydrogen (secondary N) is 1. The number of aliphatic hydroxyl groups is 1. The molecule has 0 aliphatic heterocycles. The van der Waals surface area contributed by atoms with Crippen molar-refractivity contribution in [1.82, 2.24) is 5.32 Å². The zero-order chi connectivity index (χ0) is 11.4. The highest BCUT2D eigenvalue weighted by Gasteiger charge is 2.31. The largest absolute Gasteiger partial charge is 0.396 e. The summed E-state index contributed by atoms with van der Waals surface area (Å²) < 4.78 is 0. The van der Waals surface area contributed by atoms with Crippen LogP contribution in [0.15, 0.2) is 0 Å². The van der Waals surface area contributed by atoms with E-state index in [1.807, 2.05) is 0 Å². The van der Waals surface area contributed by atoms with Crippen molar-refractivity contribution in [3.05, 3.63) is 0 Å². The molecule has 0 aromatic carbocycles. The highest BCUT2D eigenvalue weighted by molar-refractivity contribution is 4.89. The van der Waals surface area contributed by atoms with Crippen LogP contribution in [0, 0.1) is 11.8 Å². The van der Waals surface area contributed by atoms with Crippen molar-refractivity contribution < 1.29 is 5.11 Å². The van der Waals surface area contributed by atoms with Crippen molar-refractivity contribution >= 4 is 0 Å². The number of hydrogen-bond donors (Lipinski definition) is 3. The second-order valence-corrected chi connectivity index (χ2v) is 5.53. The summed E-state index contributed by atoms with van der Waals surface area (Å²) in [6, 6.07) is 0.999. The Balaban J connectivity index is 1.84. The van der Waals surface area contributed by atoms with Crippen molar-refractivity contribution in [1.29, 1.82) is 0 Å². The predicted molar refractivity (Wildman–Crippen MR) is 66.2 cm³/mol. The molecule has 94 valence electrons. The normalized spacial score (nSPS) is 33.4. The summed E-state index contributed by atoms with van der Waals surface area (Å²) in [7, 11) is 0. The van der Waals surface area contributed by atoms with E-state index in [-0.39, 0.29) is 0 Å². The third-order valence-electron chi connectivity index (χ3n) is 4.54. The molecule has 3 nitrogen and oxygen atoms in total. The van der Waals surface area contributed by atoms with Gasteiger partial charge in [0.15, 0.2) is 0 Å². The number of rotatable bonds is 5. The summed E-state index contributed by atoms with van der Waals surface area (Å²) in [5.74, 6) is 1.26. The molecule has 4 N–H and O–H groups in total. The number of aliphatic hydroxyl groups excluding tert-OH is 1. The molecule has 3 atom stereocenters. The molecule has 2 aliphatic carbocycles. The van der Waals surface area contributed by atoms with Gasteiger partial charge in [0.25, 0.3) is 0 Å². The van der Waals surface area contributed by atoms with Crippen LogP contribution in [0.4, 0.5) is 0 Å². The minimum atomic E-state index is 0.333. The molecule has 0 saturated heterocycles. The average Bonchev–Trinajstić information content (AvgIpc) is 2.26. The summed E-state index contributed by atoms with van der Waals surface area (Å²) in [5.41, 5.74) is 5.86. The molecule has 2 fully saturated rings. The van der Waals surface area contributed by atoms with E-state index in [4.69, 9.17) is 5.73 Å². The van der Waals surface area contributed by atoms with Crippen molar-refractivity contribution in [3.63, 3.8) is 0 Å². The second kappa shape index (κ2) is 5.99. The van der Waals surface area contributed by atoms with Gasteiger partial charge in [0.1, 0.15) is 0 Å². The minimum Gasteiger partial charge on any atom is -0.396 e. The molecular formula is C13H26N2O. The van der Waals surface area contributed by atoms with E-state index in [0.717, 1.165) is 12.5 Å². The molecule has 2 rings (SSSR count). The quantitative estimate of drug-likeness (QED) is 0.661. The first-order valence-corrected chi connectivity index (χ1v) is 6.92. The first-order chi connectivity index (χ1) is 7.85. The Morgan fingerprint density at radius 2 is 1.88 bits per heavy atom. The van der Waals surface area contributed by atoms with Crippen molar-refractivity contribution in [2.75, 3.05) is 13.2 Å². The lowest BCUT2D eigenvalue weighted by Crippen LogP contribution is -2.52. The molecule has 2 aliphatic rings. The fourth-order valence-electron chi connectivity index (χ4n) is 3.16. The smallest absolute Gasteiger partial charge is 0.0474 e. The molecule has 0 heterocycles. The third-order valence-corrected chi connectivity index (χ3v) is 4.54. The van der Waals surface area contributed by atoms with Gasteiger partial charge < -0.3 is 16.2 Å². The maximum Gasteiger partial charge on any atom is 0.0474 e. The summed E-state index contributed by atoms with van der Waals surface area (Å²) in [5, 5.41) is 13.1. The van der Waals surface area contributed by atoms with Gasteiger partial charge in [-0.2, -0.15) is 0 Å². The lowest BCUT2D eigenvalue weighted by molar-refractivity contribution is 0.126. The zero-order valence-corrected chi connectivity index (χ0v) is 10.2. The lowest BCUT2D eigenvalue weighted by Gasteiger charge is -2.39. The summed E-state index contributed by atoms with van der Waals surface area (Å²) in [4.78, 5) is 0. The Kier molecular flexibility index (Phi) is 4.62. The van der Waals surface area contributed by atoms with Gasteiger partial charge in [0, 0.05) is 25.2 Å². The molecule has 3 unspecified atom stereocenters. The summed E-state index contributed by atoms with van der Waals surface area (Å²) in [6.07, 6.45) is 9.02. The van der Waals surface area contributed by atoms with E-state index in [1.54, 1.807) is 0 Å². The van der Waals surface area contributed by atoms with Crippen LogP contribution in [0.25, 0.3) is 0 Å². The first-order valence-electron chi connectivity index (χ1n) is 6.92.